The van der Waals surface area contributed by atoms with Gasteiger partial charge >= 0.3 is 6.01 Å². The van der Waals surface area contributed by atoms with Gasteiger partial charge in [-0.3, -0.25) is 0 Å². The zero-order valence-electron chi connectivity index (χ0n) is 12.1. The van der Waals surface area contributed by atoms with Crippen LogP contribution in [0.5, 0.6) is 6.01 Å². The second-order valence-electron chi connectivity index (χ2n) is 4.29. The first-order valence-corrected chi connectivity index (χ1v) is 6.92. The Bertz CT molecular complexity index is 556. The number of anilines is 1. The molecule has 0 fully saturated rings. The van der Waals surface area contributed by atoms with Crippen molar-refractivity contribution in [1.82, 2.24) is 29.7 Å². The van der Waals surface area contributed by atoms with E-state index in [1.165, 1.54) is 17.3 Å². The fourth-order valence-electron chi connectivity index (χ4n) is 1.53. The van der Waals surface area contributed by atoms with Crippen LogP contribution in [-0.2, 0) is 0 Å². The van der Waals surface area contributed by atoms with Gasteiger partial charge in [0.1, 0.15) is 12.7 Å². The van der Waals surface area contributed by atoms with Gasteiger partial charge in [0.25, 0.3) is 5.95 Å². The molecule has 112 valence electrons. The first-order valence-electron chi connectivity index (χ1n) is 6.92. The second-order valence-corrected chi connectivity index (χ2v) is 4.29. The summed E-state index contributed by atoms with van der Waals surface area (Å²) in [6.07, 6.45) is 7.53. The Balaban J connectivity index is 2.14. The number of nitrogens with zero attached hydrogens (tertiary/aromatic N) is 6. The van der Waals surface area contributed by atoms with Gasteiger partial charge in [0.05, 0.1) is 6.61 Å². The smallest absolute Gasteiger partial charge is 0.323 e. The van der Waals surface area contributed by atoms with Gasteiger partial charge in [0.2, 0.25) is 5.95 Å². The molecular formula is C13H19N7O. The topological polar surface area (TPSA) is 90.6 Å². The van der Waals surface area contributed by atoms with Crippen LogP contribution in [0.1, 0.15) is 26.2 Å². The average molecular weight is 289 g/mol. The monoisotopic (exact) mass is 289 g/mol. The number of aromatic nitrogens is 6. The van der Waals surface area contributed by atoms with E-state index in [0.717, 1.165) is 25.8 Å². The van der Waals surface area contributed by atoms with Crippen LogP contribution in [0, 0.1) is 0 Å². The Morgan fingerprint density at radius 3 is 3.00 bits per heavy atom. The third-order valence-corrected chi connectivity index (χ3v) is 2.54. The minimum absolute atomic E-state index is 0.276. The van der Waals surface area contributed by atoms with E-state index in [4.69, 9.17) is 4.74 Å². The summed E-state index contributed by atoms with van der Waals surface area (Å²) in [7, 11) is 0. The fourth-order valence-corrected chi connectivity index (χ4v) is 1.53. The Kier molecular flexibility index (Phi) is 5.62. The van der Waals surface area contributed by atoms with Crippen molar-refractivity contribution in [2.75, 3.05) is 18.5 Å². The first kappa shape index (κ1) is 14.9. The molecule has 0 aromatic carbocycles. The Morgan fingerprint density at radius 2 is 2.29 bits per heavy atom. The second kappa shape index (κ2) is 7.93. The van der Waals surface area contributed by atoms with Crippen LogP contribution < -0.4 is 10.1 Å². The van der Waals surface area contributed by atoms with Crippen molar-refractivity contribution in [3.63, 3.8) is 0 Å². The highest BCUT2D eigenvalue weighted by molar-refractivity contribution is 5.29. The molecule has 21 heavy (non-hydrogen) atoms. The summed E-state index contributed by atoms with van der Waals surface area (Å²) in [5.41, 5.74) is 0. The number of rotatable bonds is 9. The van der Waals surface area contributed by atoms with Crippen molar-refractivity contribution in [2.24, 2.45) is 0 Å². The molecule has 1 N–H and O–H groups in total. The summed E-state index contributed by atoms with van der Waals surface area (Å²) >= 11 is 0. The molecule has 0 amide bonds. The molecule has 0 aliphatic carbocycles. The van der Waals surface area contributed by atoms with Gasteiger partial charge in [-0.25, -0.2) is 4.98 Å². The van der Waals surface area contributed by atoms with Gasteiger partial charge in [-0.1, -0.05) is 13.0 Å². The van der Waals surface area contributed by atoms with E-state index in [2.05, 4.69) is 43.9 Å². The zero-order chi connectivity index (χ0) is 14.9. The van der Waals surface area contributed by atoms with Crippen LogP contribution in [0.2, 0.25) is 0 Å². The quantitative estimate of drug-likeness (QED) is 0.554. The Morgan fingerprint density at radius 1 is 1.38 bits per heavy atom. The van der Waals surface area contributed by atoms with Crippen molar-refractivity contribution in [3.8, 4) is 12.0 Å². The number of ether oxygens (including phenoxy) is 1. The molecule has 0 bridgehead atoms. The van der Waals surface area contributed by atoms with Crippen molar-refractivity contribution in [1.29, 1.82) is 0 Å². The van der Waals surface area contributed by atoms with Crippen LogP contribution in [0.3, 0.4) is 0 Å². The lowest BCUT2D eigenvalue weighted by Gasteiger charge is -2.08. The maximum Gasteiger partial charge on any atom is 0.323 e. The van der Waals surface area contributed by atoms with Crippen LogP contribution >= 0.6 is 0 Å². The maximum absolute atomic E-state index is 5.56. The largest absolute Gasteiger partial charge is 0.463 e. The number of allylic oxidation sites excluding steroid dienone is 1. The number of nitrogens with one attached hydrogen (secondary N) is 1. The SMILES string of the molecule is C=CCCCOc1nc(NCCC)nc(-n2cncn2)n1. The highest BCUT2D eigenvalue weighted by atomic mass is 16.5. The number of hydrogen-bond donors (Lipinski definition) is 1. The molecule has 8 nitrogen and oxygen atoms in total. The molecule has 2 aromatic rings. The molecule has 0 atom stereocenters. The van der Waals surface area contributed by atoms with Gasteiger partial charge in [-0.05, 0) is 19.3 Å². The summed E-state index contributed by atoms with van der Waals surface area (Å²) < 4.78 is 7.02. The highest BCUT2D eigenvalue weighted by Crippen LogP contribution is 2.10. The summed E-state index contributed by atoms with van der Waals surface area (Å²) in [5, 5.41) is 7.13. The van der Waals surface area contributed by atoms with E-state index in [1.807, 2.05) is 6.08 Å². The molecule has 2 aromatic heterocycles. The lowest BCUT2D eigenvalue weighted by atomic mass is 10.3. The predicted molar refractivity (Wildman–Crippen MR) is 78.5 cm³/mol. The molecular weight excluding hydrogens is 270 g/mol. The molecule has 2 rings (SSSR count). The molecule has 0 radical (unpaired) electrons. The van der Waals surface area contributed by atoms with E-state index >= 15 is 0 Å². The normalized spacial score (nSPS) is 10.3. The molecule has 0 aliphatic rings. The summed E-state index contributed by atoms with van der Waals surface area (Å²) in [4.78, 5) is 16.6. The standard InChI is InChI=1S/C13H19N7O/c1-3-5-6-8-21-13-18-11(15-7-4-2)17-12(19-13)20-10-14-9-16-20/h3,9-10H,1,4-8H2,2H3,(H,15,17,18,19). The van der Waals surface area contributed by atoms with Gasteiger partial charge in [0.15, 0.2) is 0 Å². The molecule has 0 aliphatic heterocycles. The molecule has 0 unspecified atom stereocenters. The molecule has 0 spiro atoms. The Labute approximate surface area is 123 Å². The summed E-state index contributed by atoms with van der Waals surface area (Å²) in [6.45, 7) is 7.05. The molecule has 0 saturated heterocycles. The van der Waals surface area contributed by atoms with E-state index < -0.39 is 0 Å². The van der Waals surface area contributed by atoms with Gasteiger partial charge in [0, 0.05) is 6.54 Å². The van der Waals surface area contributed by atoms with Crippen molar-refractivity contribution in [2.45, 2.75) is 26.2 Å². The average Bonchev–Trinajstić information content (AvgIpc) is 3.04. The third kappa shape index (κ3) is 4.51. The third-order valence-electron chi connectivity index (χ3n) is 2.54. The van der Waals surface area contributed by atoms with Crippen molar-refractivity contribution in [3.05, 3.63) is 25.3 Å². The van der Waals surface area contributed by atoms with E-state index in [1.54, 1.807) is 0 Å². The number of unbranched alkanes of at least 4 members (excludes halogenated alkanes) is 1. The lowest BCUT2D eigenvalue weighted by molar-refractivity contribution is 0.286. The van der Waals surface area contributed by atoms with E-state index in [-0.39, 0.29) is 6.01 Å². The van der Waals surface area contributed by atoms with Crippen LogP contribution in [0.15, 0.2) is 25.3 Å². The van der Waals surface area contributed by atoms with E-state index in [0.29, 0.717) is 18.5 Å². The van der Waals surface area contributed by atoms with Crippen molar-refractivity contribution >= 4 is 5.95 Å². The highest BCUT2D eigenvalue weighted by Gasteiger charge is 2.09. The predicted octanol–water partition coefficient (Wildman–Crippen LogP) is 1.62. The van der Waals surface area contributed by atoms with Gasteiger partial charge in [-0.15, -0.1) is 6.58 Å². The van der Waals surface area contributed by atoms with Gasteiger partial charge in [-0.2, -0.15) is 24.7 Å². The molecule has 2 heterocycles. The maximum atomic E-state index is 5.56. The lowest BCUT2D eigenvalue weighted by Crippen LogP contribution is -2.12. The minimum Gasteiger partial charge on any atom is -0.463 e. The van der Waals surface area contributed by atoms with Crippen molar-refractivity contribution < 1.29 is 4.74 Å². The van der Waals surface area contributed by atoms with Gasteiger partial charge < -0.3 is 10.1 Å². The Hall–Kier alpha value is -2.51. The molecule has 0 saturated carbocycles. The zero-order valence-corrected chi connectivity index (χ0v) is 12.1. The van der Waals surface area contributed by atoms with E-state index in [9.17, 15) is 0 Å². The van der Waals surface area contributed by atoms with Crippen LogP contribution in [-0.4, -0.2) is 42.9 Å². The number of hydrogen-bond acceptors (Lipinski definition) is 7. The minimum atomic E-state index is 0.276. The summed E-state index contributed by atoms with van der Waals surface area (Å²) in [5.74, 6) is 0.843. The first-order chi connectivity index (χ1) is 10.3. The van der Waals surface area contributed by atoms with Crippen LogP contribution in [0.4, 0.5) is 5.95 Å². The summed E-state index contributed by atoms with van der Waals surface area (Å²) in [6, 6.07) is 0.276. The fraction of sp³-hybridized carbons (Fsp3) is 0.462. The molecule has 8 heteroatoms. The van der Waals surface area contributed by atoms with Crippen LogP contribution in [0.25, 0.3) is 5.95 Å².